The van der Waals surface area contributed by atoms with Gasteiger partial charge in [-0.1, -0.05) is 17.4 Å². The maximum atomic E-state index is 11.5. The van der Waals surface area contributed by atoms with E-state index < -0.39 is 0 Å². The van der Waals surface area contributed by atoms with Crippen LogP contribution in [-0.2, 0) is 9.53 Å². The van der Waals surface area contributed by atoms with Crippen molar-refractivity contribution in [2.45, 2.75) is 13.8 Å². The summed E-state index contributed by atoms with van der Waals surface area (Å²) in [5, 5.41) is 5.87. The highest BCUT2D eigenvalue weighted by atomic mass is 32.1. The normalized spacial score (nSPS) is 10.8. The van der Waals surface area contributed by atoms with E-state index in [-0.39, 0.29) is 12.0 Å². The van der Waals surface area contributed by atoms with Gasteiger partial charge in [-0.2, -0.15) is 0 Å². The van der Waals surface area contributed by atoms with Gasteiger partial charge in [-0.3, -0.25) is 5.32 Å². The number of urea groups is 1. The van der Waals surface area contributed by atoms with E-state index in [0.29, 0.717) is 18.3 Å². The Balaban J connectivity index is 2.13. The molecule has 0 aliphatic heterocycles. The Hall–Kier alpha value is -2.41. The van der Waals surface area contributed by atoms with Crippen molar-refractivity contribution in [2.75, 3.05) is 18.5 Å². The maximum absolute atomic E-state index is 11.5. The molecule has 6 nitrogen and oxygen atoms in total. The molecule has 0 saturated heterocycles. The highest BCUT2D eigenvalue weighted by molar-refractivity contribution is 7.22. The molecule has 0 aliphatic rings. The molecule has 2 N–H and O–H groups in total. The van der Waals surface area contributed by atoms with Gasteiger partial charge < -0.3 is 10.1 Å². The molecule has 7 heteroatoms. The summed E-state index contributed by atoms with van der Waals surface area (Å²) >= 11 is 1.38. The molecule has 1 aromatic carbocycles. The molecule has 0 radical (unpaired) electrons. The van der Waals surface area contributed by atoms with Crippen LogP contribution in [0.1, 0.15) is 19.4 Å². The summed E-state index contributed by atoms with van der Waals surface area (Å²) in [6, 6.07) is 5.34. The van der Waals surface area contributed by atoms with Gasteiger partial charge in [0.1, 0.15) is 0 Å². The summed E-state index contributed by atoms with van der Waals surface area (Å²) in [6.45, 7) is 4.52. The second kappa shape index (κ2) is 7.56. The summed E-state index contributed by atoms with van der Waals surface area (Å²) < 4.78 is 5.76. The SMILES string of the molecule is CCNC(=O)Nc1nc2ccc(C=CC(=O)OCC)cc2s1. The molecule has 2 amide bonds. The summed E-state index contributed by atoms with van der Waals surface area (Å²) in [5.74, 6) is -0.370. The van der Waals surface area contributed by atoms with Crippen LogP contribution in [-0.4, -0.2) is 30.1 Å². The lowest BCUT2D eigenvalue weighted by Gasteiger charge is -2.00. The molecule has 0 atom stereocenters. The Kier molecular flexibility index (Phi) is 5.48. The number of carbonyl (C=O) groups excluding carboxylic acids is 2. The zero-order chi connectivity index (χ0) is 15.9. The fourth-order valence-electron chi connectivity index (χ4n) is 1.75. The van der Waals surface area contributed by atoms with E-state index >= 15 is 0 Å². The number of ether oxygens (including phenoxy) is 1. The number of hydrogen-bond donors (Lipinski definition) is 2. The van der Waals surface area contributed by atoms with Crippen molar-refractivity contribution < 1.29 is 14.3 Å². The zero-order valence-electron chi connectivity index (χ0n) is 12.4. The fraction of sp³-hybridized carbons (Fsp3) is 0.267. The Morgan fingerprint density at radius 3 is 2.91 bits per heavy atom. The molecule has 116 valence electrons. The van der Waals surface area contributed by atoms with Crippen LogP contribution in [0.15, 0.2) is 24.3 Å². The van der Waals surface area contributed by atoms with Crippen LogP contribution in [0.3, 0.4) is 0 Å². The third kappa shape index (κ3) is 4.29. The number of anilines is 1. The summed E-state index contributed by atoms with van der Waals surface area (Å²) in [5.41, 5.74) is 1.67. The number of hydrogen-bond acceptors (Lipinski definition) is 5. The number of esters is 1. The van der Waals surface area contributed by atoms with Crippen LogP contribution in [0.2, 0.25) is 0 Å². The first-order chi connectivity index (χ1) is 10.6. The number of nitrogens with one attached hydrogen (secondary N) is 2. The third-order valence-corrected chi connectivity index (χ3v) is 3.60. The Morgan fingerprint density at radius 1 is 1.36 bits per heavy atom. The van der Waals surface area contributed by atoms with Crippen molar-refractivity contribution in [1.82, 2.24) is 10.3 Å². The summed E-state index contributed by atoms with van der Waals surface area (Å²) in [4.78, 5) is 27.1. The van der Waals surface area contributed by atoms with Crippen molar-refractivity contribution in [2.24, 2.45) is 0 Å². The lowest BCUT2D eigenvalue weighted by molar-refractivity contribution is -0.137. The average molecular weight is 319 g/mol. The van der Waals surface area contributed by atoms with Crippen LogP contribution in [0, 0.1) is 0 Å². The molecule has 0 bridgehead atoms. The van der Waals surface area contributed by atoms with Crippen LogP contribution in [0.4, 0.5) is 9.93 Å². The molecule has 2 aromatic rings. The largest absolute Gasteiger partial charge is 0.463 e. The molecule has 0 spiro atoms. The smallest absolute Gasteiger partial charge is 0.330 e. The first-order valence-electron chi connectivity index (χ1n) is 6.92. The Bertz CT molecular complexity index is 709. The van der Waals surface area contributed by atoms with E-state index in [0.717, 1.165) is 15.8 Å². The van der Waals surface area contributed by atoms with Crippen molar-refractivity contribution in [3.63, 3.8) is 0 Å². The predicted molar refractivity (Wildman–Crippen MR) is 88.0 cm³/mol. The quantitative estimate of drug-likeness (QED) is 0.656. The van der Waals surface area contributed by atoms with E-state index in [2.05, 4.69) is 15.6 Å². The number of benzene rings is 1. The number of aromatic nitrogens is 1. The number of carbonyl (C=O) groups is 2. The molecule has 1 heterocycles. The van der Waals surface area contributed by atoms with Crippen LogP contribution in [0.5, 0.6) is 0 Å². The van der Waals surface area contributed by atoms with Gasteiger partial charge in [0.15, 0.2) is 5.13 Å². The molecule has 0 aliphatic carbocycles. The van der Waals surface area contributed by atoms with Gasteiger partial charge >= 0.3 is 12.0 Å². The molecule has 1 aromatic heterocycles. The van der Waals surface area contributed by atoms with Crippen molar-refractivity contribution in [3.8, 4) is 0 Å². The van der Waals surface area contributed by atoms with Crippen molar-refractivity contribution >= 4 is 44.8 Å². The lowest BCUT2D eigenvalue weighted by atomic mass is 10.2. The van der Waals surface area contributed by atoms with Crippen LogP contribution < -0.4 is 10.6 Å². The summed E-state index contributed by atoms with van der Waals surface area (Å²) in [6.07, 6.45) is 3.08. The number of fused-ring (bicyclic) bond motifs is 1. The monoisotopic (exact) mass is 319 g/mol. The predicted octanol–water partition coefficient (Wildman–Crippen LogP) is 3.01. The molecule has 0 unspecified atom stereocenters. The second-order valence-corrected chi connectivity index (χ2v) is 5.35. The molecule has 0 saturated carbocycles. The molecule has 0 fully saturated rings. The standard InChI is InChI=1S/C15H17N3O3S/c1-3-16-14(20)18-15-17-11-7-5-10(9-12(11)22-15)6-8-13(19)21-4-2/h5-9H,3-4H2,1-2H3,(H2,16,17,18,20). The van der Waals surface area contributed by atoms with Crippen LogP contribution in [0.25, 0.3) is 16.3 Å². The van der Waals surface area contributed by atoms with E-state index in [1.54, 1.807) is 13.0 Å². The molecule has 2 rings (SSSR count). The fourth-order valence-corrected chi connectivity index (χ4v) is 2.66. The molecular weight excluding hydrogens is 302 g/mol. The first kappa shape index (κ1) is 16.0. The highest BCUT2D eigenvalue weighted by Gasteiger charge is 2.07. The third-order valence-electron chi connectivity index (χ3n) is 2.67. The number of amides is 2. The second-order valence-electron chi connectivity index (χ2n) is 4.32. The van der Waals surface area contributed by atoms with Gasteiger partial charge in [0.2, 0.25) is 0 Å². The lowest BCUT2D eigenvalue weighted by Crippen LogP contribution is -2.28. The molecule has 22 heavy (non-hydrogen) atoms. The minimum absolute atomic E-state index is 0.274. The minimum Gasteiger partial charge on any atom is -0.463 e. The van der Waals surface area contributed by atoms with E-state index in [1.807, 2.05) is 25.1 Å². The van der Waals surface area contributed by atoms with E-state index in [1.165, 1.54) is 17.4 Å². The van der Waals surface area contributed by atoms with Crippen molar-refractivity contribution in [3.05, 3.63) is 29.8 Å². The van der Waals surface area contributed by atoms with Crippen molar-refractivity contribution in [1.29, 1.82) is 0 Å². The maximum Gasteiger partial charge on any atom is 0.330 e. The average Bonchev–Trinajstić information content (AvgIpc) is 2.86. The number of rotatable bonds is 5. The van der Waals surface area contributed by atoms with Crippen LogP contribution >= 0.6 is 11.3 Å². The van der Waals surface area contributed by atoms with E-state index in [9.17, 15) is 9.59 Å². The van der Waals surface area contributed by atoms with Gasteiger partial charge in [0, 0.05) is 12.6 Å². The number of nitrogens with zero attached hydrogens (tertiary/aromatic N) is 1. The molecular formula is C15H17N3O3S. The Labute approximate surface area is 132 Å². The zero-order valence-corrected chi connectivity index (χ0v) is 13.2. The van der Waals surface area contributed by atoms with Gasteiger partial charge in [-0.15, -0.1) is 0 Å². The summed E-state index contributed by atoms with van der Waals surface area (Å²) in [7, 11) is 0. The van der Waals surface area contributed by atoms with E-state index in [4.69, 9.17) is 4.74 Å². The minimum atomic E-state index is -0.370. The van der Waals surface area contributed by atoms with Gasteiger partial charge in [0.05, 0.1) is 16.8 Å². The Morgan fingerprint density at radius 2 is 2.18 bits per heavy atom. The van der Waals surface area contributed by atoms with Gasteiger partial charge in [-0.25, -0.2) is 14.6 Å². The van der Waals surface area contributed by atoms with Gasteiger partial charge in [0.25, 0.3) is 0 Å². The van der Waals surface area contributed by atoms with Gasteiger partial charge in [-0.05, 0) is 37.6 Å². The topological polar surface area (TPSA) is 80.3 Å². The first-order valence-corrected chi connectivity index (χ1v) is 7.74. The number of thiazole rings is 1. The highest BCUT2D eigenvalue weighted by Crippen LogP contribution is 2.27.